The van der Waals surface area contributed by atoms with Crippen molar-refractivity contribution in [1.29, 1.82) is 0 Å². The van der Waals surface area contributed by atoms with Crippen molar-refractivity contribution in [2.45, 2.75) is 24.7 Å². The molecule has 2 aromatic carbocycles. The van der Waals surface area contributed by atoms with Crippen LogP contribution in [-0.2, 0) is 0 Å². The van der Waals surface area contributed by atoms with Crippen LogP contribution in [0.3, 0.4) is 0 Å². The summed E-state index contributed by atoms with van der Waals surface area (Å²) in [4.78, 5) is 24.4. The Hall–Kier alpha value is -4.39. The molecule has 9 nitrogen and oxygen atoms in total. The summed E-state index contributed by atoms with van der Waals surface area (Å²) in [6.45, 7) is 0. The van der Waals surface area contributed by atoms with Gasteiger partial charge in [0.15, 0.2) is 11.7 Å². The standard InChI is InChI=1S/C24H18F3N5O4S/c25-24(26,27)21-12-18(20-7-4-8-37-20)29-22-13-19(30-31(21)22)23(33)28-14-9-15(32(34)35)11-17(10-14)36-16-5-2-1-3-6-16/h1-11,13,18,21,29H,12H2,(H,28,33). The van der Waals surface area contributed by atoms with Crippen molar-refractivity contribution in [3.05, 3.63) is 92.8 Å². The van der Waals surface area contributed by atoms with Crippen molar-refractivity contribution in [3.63, 3.8) is 0 Å². The highest BCUT2D eigenvalue weighted by atomic mass is 32.1. The Morgan fingerprint density at radius 1 is 1.14 bits per heavy atom. The first-order valence-corrected chi connectivity index (χ1v) is 11.9. The van der Waals surface area contributed by atoms with Crippen LogP contribution in [0.4, 0.5) is 30.4 Å². The lowest BCUT2D eigenvalue weighted by Crippen LogP contribution is -2.35. The fourth-order valence-corrected chi connectivity index (χ4v) is 4.79. The minimum absolute atomic E-state index is 0.0212. The number of fused-ring (bicyclic) bond motifs is 1. The summed E-state index contributed by atoms with van der Waals surface area (Å²) in [5.41, 5.74) is -0.598. The van der Waals surface area contributed by atoms with Crippen molar-refractivity contribution >= 4 is 34.4 Å². The molecule has 2 atom stereocenters. The van der Waals surface area contributed by atoms with E-state index in [0.717, 1.165) is 15.6 Å². The zero-order chi connectivity index (χ0) is 26.2. The number of amides is 1. The monoisotopic (exact) mass is 529 g/mol. The maximum absolute atomic E-state index is 13.9. The average Bonchev–Trinajstić information content (AvgIpc) is 3.53. The molecule has 0 spiro atoms. The summed E-state index contributed by atoms with van der Waals surface area (Å²) >= 11 is 1.33. The maximum atomic E-state index is 13.9. The van der Waals surface area contributed by atoms with Crippen LogP contribution >= 0.6 is 11.3 Å². The number of thiophene rings is 1. The van der Waals surface area contributed by atoms with Gasteiger partial charge in [0.2, 0.25) is 0 Å². The number of nitro groups is 1. The number of carbonyl (C=O) groups excluding carboxylic acids is 1. The van der Waals surface area contributed by atoms with Crippen LogP contribution in [0, 0.1) is 10.1 Å². The van der Waals surface area contributed by atoms with Crippen LogP contribution in [0.25, 0.3) is 0 Å². The molecule has 2 N–H and O–H groups in total. The van der Waals surface area contributed by atoms with E-state index in [-0.39, 0.29) is 35.1 Å². The molecular weight excluding hydrogens is 511 g/mol. The van der Waals surface area contributed by atoms with E-state index < -0.39 is 29.1 Å². The lowest BCUT2D eigenvalue weighted by Gasteiger charge is -2.32. The topological polar surface area (TPSA) is 111 Å². The first-order chi connectivity index (χ1) is 17.7. The molecule has 4 aromatic rings. The minimum atomic E-state index is -4.59. The number of nitrogens with zero attached hydrogens (tertiary/aromatic N) is 3. The number of para-hydroxylation sites is 1. The zero-order valence-corrected chi connectivity index (χ0v) is 19.6. The van der Waals surface area contributed by atoms with Gasteiger partial charge >= 0.3 is 6.18 Å². The molecule has 1 aliphatic rings. The summed E-state index contributed by atoms with van der Waals surface area (Å²) < 4.78 is 48.0. The molecule has 5 rings (SSSR count). The van der Waals surface area contributed by atoms with E-state index in [0.29, 0.717) is 5.75 Å². The summed E-state index contributed by atoms with van der Waals surface area (Å²) in [5, 5.41) is 22.6. The lowest BCUT2D eigenvalue weighted by atomic mass is 10.0. The predicted octanol–water partition coefficient (Wildman–Crippen LogP) is 6.56. The van der Waals surface area contributed by atoms with E-state index in [9.17, 15) is 28.1 Å². The third-order valence-electron chi connectivity index (χ3n) is 5.65. The maximum Gasteiger partial charge on any atom is 0.410 e. The third kappa shape index (κ3) is 5.26. The number of aromatic nitrogens is 2. The van der Waals surface area contributed by atoms with Crippen LogP contribution in [0.15, 0.2) is 72.1 Å². The molecule has 0 aliphatic carbocycles. The van der Waals surface area contributed by atoms with Gasteiger partial charge in [-0.3, -0.25) is 14.9 Å². The summed E-state index contributed by atoms with van der Waals surface area (Å²) in [6.07, 6.45) is -4.87. The molecule has 3 heterocycles. The van der Waals surface area contributed by atoms with Crippen molar-refractivity contribution in [1.82, 2.24) is 9.78 Å². The highest BCUT2D eigenvalue weighted by Gasteiger charge is 2.47. The molecule has 0 radical (unpaired) electrons. The number of hydrogen-bond donors (Lipinski definition) is 2. The number of benzene rings is 2. The Labute approximate surface area is 211 Å². The smallest absolute Gasteiger partial charge is 0.410 e. The lowest BCUT2D eigenvalue weighted by molar-refractivity contribution is -0.384. The Kier molecular flexibility index (Phi) is 6.29. The Morgan fingerprint density at radius 3 is 2.59 bits per heavy atom. The number of alkyl halides is 3. The molecule has 0 saturated heterocycles. The van der Waals surface area contributed by atoms with E-state index in [2.05, 4.69) is 15.7 Å². The second kappa shape index (κ2) is 9.58. The van der Waals surface area contributed by atoms with Gasteiger partial charge in [-0.25, -0.2) is 4.68 Å². The average molecular weight is 530 g/mol. The number of non-ortho nitro benzene ring substituents is 1. The number of nitrogens with one attached hydrogen (secondary N) is 2. The second-order valence-corrected chi connectivity index (χ2v) is 9.19. The van der Waals surface area contributed by atoms with Crippen LogP contribution in [0.2, 0.25) is 0 Å². The Morgan fingerprint density at radius 2 is 1.92 bits per heavy atom. The van der Waals surface area contributed by atoms with Gasteiger partial charge in [-0.05, 0) is 23.6 Å². The SMILES string of the molecule is O=C(Nc1cc(Oc2ccccc2)cc([N+](=O)[O-])c1)c1cc2n(n1)C(C(F)(F)F)CC(c1cccs1)N2. The van der Waals surface area contributed by atoms with Crippen molar-refractivity contribution in [2.24, 2.45) is 0 Å². The number of hydrogen-bond acceptors (Lipinski definition) is 7. The number of anilines is 2. The molecule has 13 heteroatoms. The highest BCUT2D eigenvalue weighted by molar-refractivity contribution is 7.10. The van der Waals surface area contributed by atoms with Gasteiger partial charge in [0, 0.05) is 29.5 Å². The Bertz CT molecular complexity index is 1440. The summed E-state index contributed by atoms with van der Waals surface area (Å²) in [5.74, 6) is -0.267. The van der Waals surface area contributed by atoms with E-state index >= 15 is 0 Å². The first kappa shape index (κ1) is 24.3. The van der Waals surface area contributed by atoms with Gasteiger partial charge in [-0.1, -0.05) is 24.3 Å². The molecule has 2 aromatic heterocycles. The number of carbonyl (C=O) groups is 1. The molecule has 190 valence electrons. The fourth-order valence-electron chi connectivity index (χ4n) is 4.00. The van der Waals surface area contributed by atoms with E-state index in [1.807, 2.05) is 0 Å². The van der Waals surface area contributed by atoms with E-state index in [1.54, 1.807) is 47.8 Å². The third-order valence-corrected chi connectivity index (χ3v) is 6.63. The van der Waals surface area contributed by atoms with Gasteiger partial charge in [-0.15, -0.1) is 11.3 Å². The van der Waals surface area contributed by atoms with Crippen molar-refractivity contribution < 1.29 is 27.6 Å². The van der Waals surface area contributed by atoms with E-state index in [4.69, 9.17) is 4.74 Å². The molecule has 1 amide bonds. The Balaban J connectivity index is 1.42. The zero-order valence-electron chi connectivity index (χ0n) is 18.8. The second-order valence-electron chi connectivity index (χ2n) is 8.21. The van der Waals surface area contributed by atoms with Gasteiger partial charge in [-0.2, -0.15) is 18.3 Å². The van der Waals surface area contributed by atoms with Crippen molar-refractivity contribution in [3.8, 4) is 11.5 Å². The molecule has 0 fully saturated rings. The molecule has 0 saturated carbocycles. The van der Waals surface area contributed by atoms with Gasteiger partial charge < -0.3 is 15.4 Å². The summed E-state index contributed by atoms with van der Waals surface area (Å²) in [6, 6.07) is 14.4. The van der Waals surface area contributed by atoms with Gasteiger partial charge in [0.25, 0.3) is 11.6 Å². The number of rotatable bonds is 6. The normalized spacial score (nSPS) is 16.9. The molecule has 1 aliphatic heterocycles. The quantitative estimate of drug-likeness (QED) is 0.216. The van der Waals surface area contributed by atoms with Crippen LogP contribution < -0.4 is 15.4 Å². The predicted molar refractivity (Wildman–Crippen MR) is 130 cm³/mol. The van der Waals surface area contributed by atoms with Gasteiger partial charge in [0.05, 0.1) is 22.7 Å². The minimum Gasteiger partial charge on any atom is -0.457 e. The molecule has 2 unspecified atom stereocenters. The molecule has 37 heavy (non-hydrogen) atoms. The summed E-state index contributed by atoms with van der Waals surface area (Å²) in [7, 11) is 0. The van der Waals surface area contributed by atoms with Crippen LogP contribution in [0.5, 0.6) is 11.5 Å². The largest absolute Gasteiger partial charge is 0.457 e. The number of halogens is 3. The van der Waals surface area contributed by atoms with Gasteiger partial charge in [0.1, 0.15) is 17.3 Å². The highest BCUT2D eigenvalue weighted by Crippen LogP contribution is 2.44. The molecular formula is C24H18F3N5O4S. The van der Waals surface area contributed by atoms with E-state index in [1.165, 1.54) is 29.5 Å². The van der Waals surface area contributed by atoms with Crippen LogP contribution in [-0.4, -0.2) is 26.8 Å². The fraction of sp³-hybridized carbons (Fsp3) is 0.167. The van der Waals surface area contributed by atoms with Crippen molar-refractivity contribution in [2.75, 3.05) is 10.6 Å². The first-order valence-electron chi connectivity index (χ1n) is 11.0. The molecule has 0 bridgehead atoms. The number of ether oxygens (including phenoxy) is 1. The van der Waals surface area contributed by atoms with Crippen LogP contribution in [0.1, 0.15) is 33.9 Å². The number of nitro benzene ring substituents is 1.